The Morgan fingerprint density at radius 1 is 1.35 bits per heavy atom. The lowest BCUT2D eigenvalue weighted by Gasteiger charge is -2.09. The SMILES string of the molecule is C/C=C/c1ccccc1Oc1nc(NCC)ncc1F. The summed E-state index contributed by atoms with van der Waals surface area (Å²) in [5, 5.41) is 2.92. The van der Waals surface area contributed by atoms with E-state index >= 15 is 0 Å². The fourth-order valence-electron chi connectivity index (χ4n) is 1.66. The number of para-hydroxylation sites is 1. The van der Waals surface area contributed by atoms with Crippen molar-refractivity contribution in [1.29, 1.82) is 0 Å². The van der Waals surface area contributed by atoms with Gasteiger partial charge in [0.25, 0.3) is 5.88 Å². The zero-order valence-electron chi connectivity index (χ0n) is 11.4. The summed E-state index contributed by atoms with van der Waals surface area (Å²) in [5.74, 6) is 0.202. The van der Waals surface area contributed by atoms with Gasteiger partial charge in [0, 0.05) is 12.1 Å². The Hall–Kier alpha value is -2.43. The summed E-state index contributed by atoms with van der Waals surface area (Å²) in [6, 6.07) is 7.37. The van der Waals surface area contributed by atoms with Crippen LogP contribution in [0, 0.1) is 5.82 Å². The van der Waals surface area contributed by atoms with E-state index < -0.39 is 5.82 Å². The van der Waals surface area contributed by atoms with E-state index in [1.807, 2.05) is 44.2 Å². The summed E-state index contributed by atoms with van der Waals surface area (Å²) >= 11 is 0. The molecule has 0 aliphatic carbocycles. The largest absolute Gasteiger partial charge is 0.436 e. The van der Waals surface area contributed by atoms with Crippen molar-refractivity contribution in [3.8, 4) is 11.6 Å². The number of anilines is 1. The van der Waals surface area contributed by atoms with Crippen LogP contribution in [-0.4, -0.2) is 16.5 Å². The molecule has 0 fully saturated rings. The standard InChI is InChI=1S/C15H16FN3O/c1-3-7-11-8-5-6-9-13(11)20-14-12(16)10-18-15(19-14)17-4-2/h3,5-10H,4H2,1-2H3,(H,17,18,19)/b7-3+. The highest BCUT2D eigenvalue weighted by Gasteiger charge is 2.10. The second kappa shape index (κ2) is 6.65. The average molecular weight is 273 g/mol. The Balaban J connectivity index is 2.32. The molecule has 0 saturated carbocycles. The lowest BCUT2D eigenvalue weighted by molar-refractivity contribution is 0.420. The van der Waals surface area contributed by atoms with Gasteiger partial charge in [0.05, 0.1) is 6.20 Å². The number of ether oxygens (including phenoxy) is 1. The van der Waals surface area contributed by atoms with Crippen LogP contribution >= 0.6 is 0 Å². The van der Waals surface area contributed by atoms with E-state index in [0.717, 1.165) is 11.8 Å². The molecule has 0 radical (unpaired) electrons. The van der Waals surface area contributed by atoms with E-state index in [2.05, 4.69) is 15.3 Å². The molecule has 1 heterocycles. The number of rotatable bonds is 5. The summed E-state index contributed by atoms with van der Waals surface area (Å²) in [7, 11) is 0. The van der Waals surface area contributed by atoms with E-state index in [4.69, 9.17) is 4.74 Å². The zero-order chi connectivity index (χ0) is 14.4. The fourth-order valence-corrected chi connectivity index (χ4v) is 1.66. The quantitative estimate of drug-likeness (QED) is 0.898. The molecule has 0 spiro atoms. The number of benzene rings is 1. The van der Waals surface area contributed by atoms with Crippen molar-refractivity contribution >= 4 is 12.0 Å². The van der Waals surface area contributed by atoms with Gasteiger partial charge in [-0.05, 0) is 19.9 Å². The van der Waals surface area contributed by atoms with E-state index in [1.165, 1.54) is 0 Å². The van der Waals surface area contributed by atoms with Gasteiger partial charge in [0.15, 0.2) is 0 Å². The van der Waals surface area contributed by atoms with Crippen LogP contribution in [0.3, 0.4) is 0 Å². The molecule has 0 aliphatic heterocycles. The van der Waals surface area contributed by atoms with Crippen LogP contribution in [0.4, 0.5) is 10.3 Å². The van der Waals surface area contributed by atoms with Gasteiger partial charge in [-0.25, -0.2) is 4.98 Å². The minimum atomic E-state index is -0.595. The Bertz CT molecular complexity index is 614. The first kappa shape index (κ1) is 14.0. The number of aromatic nitrogens is 2. The molecular formula is C15H16FN3O. The smallest absolute Gasteiger partial charge is 0.260 e. The lowest BCUT2D eigenvalue weighted by atomic mass is 10.2. The fraction of sp³-hybridized carbons (Fsp3) is 0.200. The molecule has 0 aliphatic rings. The molecule has 2 rings (SSSR count). The predicted molar refractivity (Wildman–Crippen MR) is 77.4 cm³/mol. The van der Waals surface area contributed by atoms with Gasteiger partial charge in [-0.15, -0.1) is 0 Å². The van der Waals surface area contributed by atoms with Crippen LogP contribution in [0.2, 0.25) is 0 Å². The van der Waals surface area contributed by atoms with Crippen LogP contribution in [0.1, 0.15) is 19.4 Å². The Labute approximate surface area is 117 Å². The van der Waals surface area contributed by atoms with Gasteiger partial charge < -0.3 is 10.1 Å². The minimum absolute atomic E-state index is 0.0899. The molecular weight excluding hydrogens is 257 g/mol. The van der Waals surface area contributed by atoms with Crippen molar-refractivity contribution < 1.29 is 9.13 Å². The van der Waals surface area contributed by atoms with Crippen molar-refractivity contribution in [2.24, 2.45) is 0 Å². The highest BCUT2D eigenvalue weighted by atomic mass is 19.1. The normalized spacial score (nSPS) is 10.8. The van der Waals surface area contributed by atoms with Crippen LogP contribution < -0.4 is 10.1 Å². The van der Waals surface area contributed by atoms with Crippen LogP contribution in [0.5, 0.6) is 11.6 Å². The third-order valence-electron chi connectivity index (χ3n) is 2.52. The molecule has 1 aromatic carbocycles. The second-order valence-corrected chi connectivity index (χ2v) is 4.02. The van der Waals surface area contributed by atoms with Crippen molar-refractivity contribution in [3.63, 3.8) is 0 Å². The summed E-state index contributed by atoms with van der Waals surface area (Å²) in [5.41, 5.74) is 0.859. The highest BCUT2D eigenvalue weighted by molar-refractivity contribution is 5.57. The molecule has 1 aromatic heterocycles. The van der Waals surface area contributed by atoms with E-state index in [9.17, 15) is 4.39 Å². The molecule has 0 bridgehead atoms. The Morgan fingerprint density at radius 2 is 2.15 bits per heavy atom. The predicted octanol–water partition coefficient (Wildman–Crippen LogP) is 3.87. The van der Waals surface area contributed by atoms with Gasteiger partial charge in [0.2, 0.25) is 11.8 Å². The van der Waals surface area contributed by atoms with Crippen LogP contribution in [0.15, 0.2) is 36.5 Å². The van der Waals surface area contributed by atoms with Crippen molar-refractivity contribution in [2.75, 3.05) is 11.9 Å². The maximum Gasteiger partial charge on any atom is 0.260 e. The number of hydrogen-bond donors (Lipinski definition) is 1. The maximum absolute atomic E-state index is 13.7. The van der Waals surface area contributed by atoms with Gasteiger partial charge in [-0.2, -0.15) is 9.37 Å². The van der Waals surface area contributed by atoms with Gasteiger partial charge in [-0.1, -0.05) is 30.4 Å². The van der Waals surface area contributed by atoms with Crippen LogP contribution in [-0.2, 0) is 0 Å². The number of nitrogens with zero attached hydrogens (tertiary/aromatic N) is 2. The van der Waals surface area contributed by atoms with Crippen LogP contribution in [0.25, 0.3) is 6.08 Å². The first-order valence-corrected chi connectivity index (χ1v) is 6.40. The number of halogens is 1. The Morgan fingerprint density at radius 3 is 2.90 bits per heavy atom. The third-order valence-corrected chi connectivity index (χ3v) is 2.52. The summed E-state index contributed by atoms with van der Waals surface area (Å²) in [4.78, 5) is 7.85. The molecule has 2 aromatic rings. The third kappa shape index (κ3) is 3.32. The molecule has 5 heteroatoms. The summed E-state index contributed by atoms with van der Waals surface area (Å²) in [6.45, 7) is 4.47. The minimum Gasteiger partial charge on any atom is -0.436 e. The summed E-state index contributed by atoms with van der Waals surface area (Å²) < 4.78 is 19.3. The molecule has 0 unspecified atom stereocenters. The first-order valence-electron chi connectivity index (χ1n) is 6.40. The second-order valence-electron chi connectivity index (χ2n) is 4.02. The molecule has 20 heavy (non-hydrogen) atoms. The van der Waals surface area contributed by atoms with Crippen molar-refractivity contribution in [2.45, 2.75) is 13.8 Å². The number of hydrogen-bond acceptors (Lipinski definition) is 4. The van der Waals surface area contributed by atoms with Crippen molar-refractivity contribution in [3.05, 3.63) is 47.9 Å². The lowest BCUT2D eigenvalue weighted by Crippen LogP contribution is -2.04. The van der Waals surface area contributed by atoms with E-state index in [1.54, 1.807) is 6.07 Å². The van der Waals surface area contributed by atoms with Gasteiger partial charge >= 0.3 is 0 Å². The molecule has 1 N–H and O–H groups in total. The number of nitrogens with one attached hydrogen (secondary N) is 1. The summed E-state index contributed by atoms with van der Waals surface area (Å²) in [6.07, 6.45) is 4.88. The average Bonchev–Trinajstić information content (AvgIpc) is 2.45. The van der Waals surface area contributed by atoms with E-state index in [0.29, 0.717) is 18.2 Å². The molecule has 4 nitrogen and oxygen atoms in total. The molecule has 0 saturated heterocycles. The van der Waals surface area contributed by atoms with E-state index in [-0.39, 0.29) is 5.88 Å². The zero-order valence-corrected chi connectivity index (χ0v) is 11.4. The molecule has 104 valence electrons. The monoisotopic (exact) mass is 273 g/mol. The maximum atomic E-state index is 13.7. The first-order chi connectivity index (χ1) is 9.74. The molecule has 0 atom stereocenters. The van der Waals surface area contributed by atoms with Crippen molar-refractivity contribution in [1.82, 2.24) is 9.97 Å². The highest BCUT2D eigenvalue weighted by Crippen LogP contribution is 2.27. The number of allylic oxidation sites excluding steroid dienone is 1. The van der Waals surface area contributed by atoms with Gasteiger partial charge in [-0.3, -0.25) is 0 Å². The topological polar surface area (TPSA) is 47.0 Å². The Kier molecular flexibility index (Phi) is 4.65. The van der Waals surface area contributed by atoms with Gasteiger partial charge in [0.1, 0.15) is 5.75 Å². The molecule has 0 amide bonds.